The molecule has 1 aromatic rings. The van der Waals surface area contributed by atoms with Gasteiger partial charge in [-0.25, -0.2) is 9.18 Å². The Hall–Kier alpha value is -1.82. The number of aliphatic hydroxyl groups excluding tert-OH is 1. The van der Waals surface area contributed by atoms with Gasteiger partial charge >= 0.3 is 5.97 Å². The van der Waals surface area contributed by atoms with Gasteiger partial charge in [-0.1, -0.05) is 0 Å². The van der Waals surface area contributed by atoms with Gasteiger partial charge in [0, 0.05) is 11.6 Å². The first-order valence-corrected chi connectivity index (χ1v) is 3.55. The van der Waals surface area contributed by atoms with Crippen LogP contribution in [-0.2, 0) is 4.79 Å². The minimum Gasteiger partial charge on any atom is -0.504 e. The number of phenols is 2. The maximum absolute atomic E-state index is 12.9. The number of carboxylic acid groups (broad SMARTS) is 1. The van der Waals surface area contributed by atoms with Gasteiger partial charge in [-0.3, -0.25) is 0 Å². The molecule has 0 aliphatic carbocycles. The number of aromatic hydroxyl groups is 2. The largest absolute Gasteiger partial charge is 0.504 e. The van der Waals surface area contributed by atoms with Crippen LogP contribution >= 0.6 is 0 Å². The van der Waals surface area contributed by atoms with Crippen molar-refractivity contribution in [2.45, 2.75) is 6.10 Å². The summed E-state index contributed by atoms with van der Waals surface area (Å²) in [5, 5.41) is 35.1. The van der Waals surface area contributed by atoms with Crippen LogP contribution in [0.3, 0.4) is 0 Å². The zero-order chi connectivity index (χ0) is 10.9. The molecule has 0 aromatic heterocycles. The second kappa shape index (κ2) is 3.51. The molecule has 1 aromatic carbocycles. The smallest absolute Gasteiger partial charge is 0.337 e. The molecule has 4 N–H and O–H groups in total. The number of hydrogen-bond acceptors (Lipinski definition) is 4. The second-order valence-corrected chi connectivity index (χ2v) is 2.60. The van der Waals surface area contributed by atoms with Crippen LogP contribution in [0.25, 0.3) is 0 Å². The summed E-state index contributed by atoms with van der Waals surface area (Å²) in [4.78, 5) is 10.3. The molecule has 0 unspecified atom stereocenters. The van der Waals surface area contributed by atoms with Crippen LogP contribution in [0.15, 0.2) is 12.1 Å². The van der Waals surface area contributed by atoms with Gasteiger partial charge in [0.1, 0.15) is 5.82 Å². The quantitative estimate of drug-likeness (QED) is 0.519. The van der Waals surface area contributed by atoms with Crippen molar-refractivity contribution < 1.29 is 29.6 Å². The lowest BCUT2D eigenvalue weighted by atomic mass is 10.1. The predicted molar refractivity (Wildman–Crippen MR) is 42.3 cm³/mol. The Morgan fingerprint density at radius 3 is 2.29 bits per heavy atom. The first kappa shape index (κ1) is 10.3. The Labute approximate surface area is 77.7 Å². The Bertz CT molecular complexity index is 376. The van der Waals surface area contributed by atoms with Crippen LogP contribution in [0.1, 0.15) is 11.7 Å². The Balaban J connectivity index is 3.22. The van der Waals surface area contributed by atoms with Crippen LogP contribution in [0.5, 0.6) is 11.5 Å². The molecular formula is C8H7FO5. The molecular weight excluding hydrogens is 195 g/mol. The third-order valence-electron chi connectivity index (χ3n) is 1.62. The van der Waals surface area contributed by atoms with Crippen molar-refractivity contribution in [3.63, 3.8) is 0 Å². The molecule has 0 saturated carbocycles. The van der Waals surface area contributed by atoms with Crippen molar-refractivity contribution in [3.8, 4) is 11.5 Å². The molecule has 76 valence electrons. The van der Waals surface area contributed by atoms with Crippen molar-refractivity contribution in [3.05, 3.63) is 23.5 Å². The summed E-state index contributed by atoms with van der Waals surface area (Å²) in [5.41, 5.74) is -0.604. The SMILES string of the molecule is O=C(O)[C@H](O)c1cc(O)c(O)cc1F. The standard InChI is InChI=1S/C8H7FO5/c9-4-2-6(11)5(10)1-3(4)7(12)8(13)14/h1-2,7,10-12H,(H,13,14)/t7-/m1/s1. The van der Waals surface area contributed by atoms with E-state index in [0.717, 1.165) is 0 Å². The molecule has 5 nitrogen and oxygen atoms in total. The van der Waals surface area contributed by atoms with Gasteiger partial charge in [-0.2, -0.15) is 0 Å². The Morgan fingerprint density at radius 2 is 1.79 bits per heavy atom. The van der Waals surface area contributed by atoms with E-state index in [4.69, 9.17) is 20.4 Å². The molecule has 1 atom stereocenters. The van der Waals surface area contributed by atoms with Gasteiger partial charge in [0.05, 0.1) is 0 Å². The summed E-state index contributed by atoms with van der Waals surface area (Å²) in [6, 6.07) is 1.18. The molecule has 1 rings (SSSR count). The number of halogens is 1. The number of phenolic OH excluding ortho intramolecular Hbond substituents is 2. The molecule has 0 spiro atoms. The molecule has 0 aliphatic heterocycles. The van der Waals surface area contributed by atoms with Gasteiger partial charge in [-0.05, 0) is 6.07 Å². The summed E-state index contributed by atoms with van der Waals surface area (Å²) in [6.07, 6.45) is -2.07. The first-order chi connectivity index (χ1) is 6.43. The molecule has 0 radical (unpaired) electrons. The molecule has 0 heterocycles. The average Bonchev–Trinajstić information content (AvgIpc) is 2.10. The van der Waals surface area contributed by atoms with E-state index < -0.39 is 35.0 Å². The summed E-state index contributed by atoms with van der Waals surface area (Å²) in [6.45, 7) is 0. The van der Waals surface area contributed by atoms with E-state index >= 15 is 0 Å². The molecule has 6 heteroatoms. The lowest BCUT2D eigenvalue weighted by Crippen LogP contribution is -2.12. The van der Waals surface area contributed by atoms with E-state index in [9.17, 15) is 9.18 Å². The third kappa shape index (κ3) is 1.74. The summed E-state index contributed by atoms with van der Waals surface area (Å²) < 4.78 is 12.9. The molecule has 14 heavy (non-hydrogen) atoms. The van der Waals surface area contributed by atoms with Crippen LogP contribution in [-0.4, -0.2) is 26.4 Å². The number of rotatable bonds is 2. The van der Waals surface area contributed by atoms with Gasteiger partial charge in [0.15, 0.2) is 17.6 Å². The second-order valence-electron chi connectivity index (χ2n) is 2.60. The third-order valence-corrected chi connectivity index (χ3v) is 1.62. The van der Waals surface area contributed by atoms with Crippen molar-refractivity contribution in [1.29, 1.82) is 0 Å². The van der Waals surface area contributed by atoms with Crippen molar-refractivity contribution >= 4 is 5.97 Å². The molecule has 0 fully saturated rings. The van der Waals surface area contributed by atoms with Crippen molar-refractivity contribution in [2.75, 3.05) is 0 Å². The lowest BCUT2D eigenvalue weighted by molar-refractivity contribution is -0.147. The highest BCUT2D eigenvalue weighted by atomic mass is 19.1. The monoisotopic (exact) mass is 202 g/mol. The number of carboxylic acids is 1. The number of hydrogen-bond donors (Lipinski definition) is 4. The fourth-order valence-electron chi connectivity index (χ4n) is 0.910. The van der Waals surface area contributed by atoms with Crippen LogP contribution in [0.2, 0.25) is 0 Å². The van der Waals surface area contributed by atoms with E-state index in [-0.39, 0.29) is 0 Å². The van der Waals surface area contributed by atoms with Gasteiger partial charge < -0.3 is 20.4 Å². The van der Waals surface area contributed by atoms with Crippen molar-refractivity contribution in [2.24, 2.45) is 0 Å². The fraction of sp³-hybridized carbons (Fsp3) is 0.125. The Morgan fingerprint density at radius 1 is 1.29 bits per heavy atom. The highest BCUT2D eigenvalue weighted by molar-refractivity contribution is 5.74. The number of carbonyl (C=O) groups is 1. The van der Waals surface area contributed by atoms with E-state index in [1.54, 1.807) is 0 Å². The summed E-state index contributed by atoms with van der Waals surface area (Å²) >= 11 is 0. The molecule has 0 bridgehead atoms. The van der Waals surface area contributed by atoms with Crippen molar-refractivity contribution in [1.82, 2.24) is 0 Å². The highest BCUT2D eigenvalue weighted by Gasteiger charge is 2.21. The highest BCUT2D eigenvalue weighted by Crippen LogP contribution is 2.30. The lowest BCUT2D eigenvalue weighted by Gasteiger charge is -2.08. The van der Waals surface area contributed by atoms with Gasteiger partial charge in [0.2, 0.25) is 0 Å². The number of benzene rings is 1. The zero-order valence-corrected chi connectivity index (χ0v) is 6.81. The van der Waals surface area contributed by atoms with Crippen LogP contribution in [0.4, 0.5) is 4.39 Å². The average molecular weight is 202 g/mol. The topological polar surface area (TPSA) is 98.0 Å². The summed E-state index contributed by atoms with van der Waals surface area (Å²) in [7, 11) is 0. The number of aliphatic carboxylic acids is 1. The normalized spacial score (nSPS) is 12.4. The first-order valence-electron chi connectivity index (χ1n) is 3.55. The maximum Gasteiger partial charge on any atom is 0.337 e. The minimum absolute atomic E-state index is 0.525. The van der Waals surface area contributed by atoms with Crippen LogP contribution in [0, 0.1) is 5.82 Å². The van der Waals surface area contributed by atoms with E-state index in [1.165, 1.54) is 0 Å². The van der Waals surface area contributed by atoms with Gasteiger partial charge in [-0.15, -0.1) is 0 Å². The summed E-state index contributed by atoms with van der Waals surface area (Å²) in [5.74, 6) is -4.16. The predicted octanol–water partition coefficient (Wildman–Crippen LogP) is 0.355. The number of aliphatic hydroxyl groups is 1. The molecule has 0 aliphatic rings. The minimum atomic E-state index is -2.07. The maximum atomic E-state index is 12.9. The van der Waals surface area contributed by atoms with E-state index in [0.29, 0.717) is 12.1 Å². The van der Waals surface area contributed by atoms with Crippen LogP contribution < -0.4 is 0 Å². The zero-order valence-electron chi connectivity index (χ0n) is 6.81. The molecule has 0 amide bonds. The van der Waals surface area contributed by atoms with Gasteiger partial charge in [0.25, 0.3) is 0 Å². The van der Waals surface area contributed by atoms with E-state index in [2.05, 4.69) is 0 Å². The Kier molecular flexibility index (Phi) is 2.57. The van der Waals surface area contributed by atoms with E-state index in [1.807, 2.05) is 0 Å². The fourth-order valence-corrected chi connectivity index (χ4v) is 0.910. The molecule has 0 saturated heterocycles.